The summed E-state index contributed by atoms with van der Waals surface area (Å²) in [7, 11) is 0. The topological polar surface area (TPSA) is 26.3 Å². The number of hydrogen-bond acceptors (Lipinski definition) is 2. The third kappa shape index (κ3) is 3.91. The van der Waals surface area contributed by atoms with Gasteiger partial charge in [0.05, 0.1) is 5.92 Å². The molecule has 3 atom stereocenters. The van der Waals surface area contributed by atoms with Crippen LogP contribution in [0.15, 0.2) is 22.5 Å². The number of rotatable bonds is 5. The fourth-order valence-corrected chi connectivity index (χ4v) is 2.53. The average Bonchev–Trinajstić information content (AvgIpc) is 2.86. The number of alkyl halides is 1. The molecule has 20 heavy (non-hydrogen) atoms. The highest BCUT2D eigenvalue weighted by atomic mass is 35.5. The monoisotopic (exact) mass is 338 g/mol. The number of esters is 1. The summed E-state index contributed by atoms with van der Waals surface area (Å²) in [5, 5.41) is 0. The van der Waals surface area contributed by atoms with Crippen LogP contribution in [-0.2, 0) is 9.53 Å². The molecule has 2 nitrogen and oxygen atoms in total. The Morgan fingerprint density at radius 1 is 1.55 bits per heavy atom. The zero-order chi connectivity index (χ0) is 15.5. The summed E-state index contributed by atoms with van der Waals surface area (Å²) in [4.78, 5) is 12.0. The van der Waals surface area contributed by atoms with E-state index >= 15 is 0 Å². The molecule has 6 heteroatoms. The van der Waals surface area contributed by atoms with Gasteiger partial charge in [0.1, 0.15) is 4.49 Å². The van der Waals surface area contributed by atoms with Crippen molar-refractivity contribution in [2.24, 2.45) is 17.3 Å². The van der Waals surface area contributed by atoms with Crippen LogP contribution >= 0.6 is 34.8 Å². The Morgan fingerprint density at radius 2 is 2.15 bits per heavy atom. The first-order chi connectivity index (χ1) is 9.25. The van der Waals surface area contributed by atoms with Gasteiger partial charge in [0.15, 0.2) is 5.83 Å². The molecule has 0 saturated heterocycles. The quantitative estimate of drug-likeness (QED) is 0.426. The van der Waals surface area contributed by atoms with Gasteiger partial charge in [-0.05, 0) is 23.5 Å². The van der Waals surface area contributed by atoms with Crippen molar-refractivity contribution >= 4 is 40.8 Å². The van der Waals surface area contributed by atoms with Gasteiger partial charge < -0.3 is 4.74 Å². The molecule has 0 amide bonds. The summed E-state index contributed by atoms with van der Waals surface area (Å²) >= 11 is 16.6. The number of hydrogen-bond donors (Lipinski definition) is 0. The molecule has 0 aromatic rings. The fourth-order valence-electron chi connectivity index (χ4n) is 2.11. The SMILES string of the molecule is C#CC(OC(=O)C1C(C=C(Cl)Cl)C1(C)C)C(F)=CCCl. The molecule has 110 valence electrons. The number of carbonyl (C=O) groups excluding carboxylic acids is 1. The second-order valence-electron chi connectivity index (χ2n) is 5.01. The molecule has 1 rings (SSSR count). The fraction of sp³-hybridized carbons (Fsp3) is 0.500. The minimum absolute atomic E-state index is 0.0519. The maximum absolute atomic E-state index is 13.5. The molecule has 0 N–H and O–H groups in total. The van der Waals surface area contributed by atoms with Gasteiger partial charge in [0.2, 0.25) is 6.10 Å². The lowest BCUT2D eigenvalue weighted by Gasteiger charge is -2.11. The number of terminal acetylenes is 1. The van der Waals surface area contributed by atoms with Gasteiger partial charge in [-0.3, -0.25) is 4.79 Å². The summed E-state index contributed by atoms with van der Waals surface area (Å²) < 4.78 is 18.6. The second-order valence-corrected chi connectivity index (χ2v) is 6.32. The first-order valence-corrected chi connectivity index (χ1v) is 7.15. The van der Waals surface area contributed by atoms with Crippen LogP contribution in [0.2, 0.25) is 0 Å². The number of carbonyl (C=O) groups is 1. The zero-order valence-electron chi connectivity index (χ0n) is 11.0. The largest absolute Gasteiger partial charge is 0.441 e. The molecule has 0 aliphatic heterocycles. The first-order valence-electron chi connectivity index (χ1n) is 5.86. The van der Waals surface area contributed by atoms with E-state index in [1.54, 1.807) is 6.08 Å². The van der Waals surface area contributed by atoms with Crippen molar-refractivity contribution < 1.29 is 13.9 Å². The van der Waals surface area contributed by atoms with Crippen molar-refractivity contribution in [1.82, 2.24) is 0 Å². The Labute approximate surface area is 132 Å². The predicted octanol–water partition coefficient (Wildman–Crippen LogP) is 4.21. The summed E-state index contributed by atoms with van der Waals surface area (Å²) in [5.74, 6) is 0.0852. The van der Waals surface area contributed by atoms with Crippen LogP contribution in [0, 0.1) is 29.6 Å². The van der Waals surface area contributed by atoms with Crippen LogP contribution in [0.5, 0.6) is 0 Å². The molecule has 0 heterocycles. The van der Waals surface area contributed by atoms with Gasteiger partial charge in [0, 0.05) is 5.88 Å². The van der Waals surface area contributed by atoms with E-state index in [9.17, 15) is 9.18 Å². The van der Waals surface area contributed by atoms with Crippen LogP contribution in [0.25, 0.3) is 0 Å². The van der Waals surface area contributed by atoms with Crippen LogP contribution in [-0.4, -0.2) is 18.0 Å². The van der Waals surface area contributed by atoms with Gasteiger partial charge in [-0.2, -0.15) is 0 Å². The smallest absolute Gasteiger partial charge is 0.311 e. The van der Waals surface area contributed by atoms with E-state index in [1.807, 2.05) is 13.8 Å². The van der Waals surface area contributed by atoms with E-state index in [0.29, 0.717) is 0 Å². The second kappa shape index (κ2) is 6.85. The molecule has 1 aliphatic rings. The van der Waals surface area contributed by atoms with Crippen LogP contribution < -0.4 is 0 Å². The number of halogens is 4. The van der Waals surface area contributed by atoms with Crippen molar-refractivity contribution in [3.05, 3.63) is 22.5 Å². The standard InChI is InChI=1S/C14H14Cl3FO2/c1-4-10(9(18)5-6-15)20-13(19)12-8(7-11(16)17)14(12,2)3/h1,5,7-8,10,12H,6H2,2-3H3. The van der Waals surface area contributed by atoms with Crippen molar-refractivity contribution in [3.8, 4) is 12.3 Å². The summed E-state index contributed by atoms with van der Waals surface area (Å²) in [6.45, 7) is 3.74. The van der Waals surface area contributed by atoms with Gasteiger partial charge in [-0.25, -0.2) is 4.39 Å². The van der Waals surface area contributed by atoms with E-state index in [2.05, 4.69) is 5.92 Å². The van der Waals surface area contributed by atoms with E-state index < -0.39 is 23.8 Å². The van der Waals surface area contributed by atoms with E-state index in [-0.39, 0.29) is 21.7 Å². The van der Waals surface area contributed by atoms with Crippen molar-refractivity contribution in [1.29, 1.82) is 0 Å². The van der Waals surface area contributed by atoms with Crippen LogP contribution in [0.4, 0.5) is 4.39 Å². The maximum Gasteiger partial charge on any atom is 0.311 e. The van der Waals surface area contributed by atoms with Gasteiger partial charge in [-0.15, -0.1) is 18.0 Å². The van der Waals surface area contributed by atoms with Crippen LogP contribution in [0.1, 0.15) is 13.8 Å². The van der Waals surface area contributed by atoms with Gasteiger partial charge in [-0.1, -0.05) is 43.0 Å². The van der Waals surface area contributed by atoms with Crippen molar-refractivity contribution in [3.63, 3.8) is 0 Å². The summed E-state index contributed by atoms with van der Waals surface area (Å²) in [5.41, 5.74) is -0.349. The molecule has 0 aromatic heterocycles. The Kier molecular flexibility index (Phi) is 5.94. The minimum Gasteiger partial charge on any atom is -0.441 e. The molecule has 1 aliphatic carbocycles. The Hall–Kier alpha value is -0.690. The highest BCUT2D eigenvalue weighted by Gasteiger charge is 2.62. The van der Waals surface area contributed by atoms with Gasteiger partial charge in [0.25, 0.3) is 0 Å². The Morgan fingerprint density at radius 3 is 2.60 bits per heavy atom. The lowest BCUT2D eigenvalue weighted by atomic mass is 10.1. The normalized spacial score (nSPS) is 25.4. The first kappa shape index (κ1) is 17.4. The predicted molar refractivity (Wildman–Crippen MR) is 79.2 cm³/mol. The third-order valence-corrected chi connectivity index (χ3v) is 3.78. The maximum atomic E-state index is 13.5. The number of allylic oxidation sites excluding steroid dienone is 2. The van der Waals surface area contributed by atoms with Gasteiger partial charge >= 0.3 is 5.97 Å². The molecule has 0 bridgehead atoms. The number of ether oxygens (including phenoxy) is 1. The van der Waals surface area contributed by atoms with Crippen molar-refractivity contribution in [2.75, 3.05) is 5.88 Å². The molecular formula is C14H14Cl3FO2. The van der Waals surface area contributed by atoms with Crippen LogP contribution in [0.3, 0.4) is 0 Å². The summed E-state index contributed by atoms with van der Waals surface area (Å²) in [6, 6.07) is 0. The van der Waals surface area contributed by atoms with E-state index in [4.69, 9.17) is 46.0 Å². The molecule has 3 unspecified atom stereocenters. The highest BCUT2D eigenvalue weighted by molar-refractivity contribution is 6.55. The lowest BCUT2D eigenvalue weighted by Crippen LogP contribution is -2.20. The van der Waals surface area contributed by atoms with E-state index in [1.165, 1.54) is 0 Å². The summed E-state index contributed by atoms with van der Waals surface area (Å²) in [6.07, 6.45) is 6.43. The molecule has 1 saturated carbocycles. The molecule has 1 fully saturated rings. The molecule has 0 spiro atoms. The average molecular weight is 340 g/mol. The molecule has 0 aromatic carbocycles. The lowest BCUT2D eigenvalue weighted by molar-refractivity contribution is -0.148. The molecule has 0 radical (unpaired) electrons. The Bertz CT molecular complexity index is 487. The Balaban J connectivity index is 2.76. The zero-order valence-corrected chi connectivity index (χ0v) is 13.3. The van der Waals surface area contributed by atoms with Crippen molar-refractivity contribution in [2.45, 2.75) is 20.0 Å². The highest BCUT2D eigenvalue weighted by Crippen LogP contribution is 2.60. The minimum atomic E-state index is -1.35. The van der Waals surface area contributed by atoms with E-state index in [0.717, 1.165) is 6.08 Å². The third-order valence-electron chi connectivity index (χ3n) is 3.38. The molecular weight excluding hydrogens is 326 g/mol.